The number of rotatable bonds is 12. The van der Waals surface area contributed by atoms with E-state index in [1.54, 1.807) is 0 Å². The van der Waals surface area contributed by atoms with Crippen LogP contribution in [-0.2, 0) is 16.7 Å². The minimum Gasteiger partial charge on any atom is -0.748 e. The highest BCUT2D eigenvalue weighted by Gasteiger charge is 2.11. The lowest BCUT2D eigenvalue weighted by atomic mass is 9.97. The lowest BCUT2D eigenvalue weighted by Gasteiger charge is -2.25. The molecule has 186 valence electrons. The molecule has 1 aromatic heterocycles. The second kappa shape index (κ2) is 11.4. The summed E-state index contributed by atoms with van der Waals surface area (Å²) in [6.07, 6.45) is 10.0. The molecule has 0 spiro atoms. The third-order valence-corrected chi connectivity index (χ3v) is 7.59. The summed E-state index contributed by atoms with van der Waals surface area (Å²) in [4.78, 5) is 2.53. The van der Waals surface area contributed by atoms with Crippen LogP contribution in [0.4, 0.5) is 5.69 Å². The van der Waals surface area contributed by atoms with Crippen LogP contribution in [0.1, 0.15) is 52.4 Å². The zero-order chi connectivity index (χ0) is 24.8. The van der Waals surface area contributed by atoms with Crippen molar-refractivity contribution in [3.63, 3.8) is 0 Å². The first kappa shape index (κ1) is 25.4. The van der Waals surface area contributed by atoms with Gasteiger partial charge in [-0.05, 0) is 59.0 Å². The molecule has 0 saturated heterocycles. The first-order chi connectivity index (χ1) is 16.9. The molecule has 0 atom stereocenters. The smallest absolute Gasteiger partial charge is 0.176 e. The Bertz CT molecular complexity index is 1410. The topological polar surface area (TPSA) is 64.3 Å². The molecule has 0 unspecified atom stereocenters. The van der Waals surface area contributed by atoms with Gasteiger partial charge in [-0.25, -0.2) is 13.0 Å². The number of anilines is 1. The van der Waals surface area contributed by atoms with Crippen LogP contribution in [0.2, 0.25) is 0 Å². The fourth-order valence-electron chi connectivity index (χ4n) is 4.84. The molecular formula is C29H36N2O3S. The van der Waals surface area contributed by atoms with E-state index < -0.39 is 10.1 Å². The highest BCUT2D eigenvalue weighted by molar-refractivity contribution is 7.85. The molecule has 6 heteroatoms. The van der Waals surface area contributed by atoms with Gasteiger partial charge >= 0.3 is 0 Å². The van der Waals surface area contributed by atoms with Crippen molar-refractivity contribution in [2.24, 2.45) is 0 Å². The van der Waals surface area contributed by atoms with Crippen LogP contribution in [0.15, 0.2) is 60.9 Å². The zero-order valence-corrected chi connectivity index (χ0v) is 21.7. The monoisotopic (exact) mass is 492 g/mol. The Kier molecular flexibility index (Phi) is 8.24. The number of aryl methyl sites for hydroxylation is 1. The van der Waals surface area contributed by atoms with Gasteiger partial charge in [-0.1, -0.05) is 51.0 Å². The first-order valence-electron chi connectivity index (χ1n) is 12.9. The lowest BCUT2D eigenvalue weighted by molar-refractivity contribution is -0.696. The fraction of sp³-hybridized carbons (Fsp3) is 0.414. The Labute approximate surface area is 209 Å². The van der Waals surface area contributed by atoms with Gasteiger partial charge in [-0.2, -0.15) is 0 Å². The van der Waals surface area contributed by atoms with Gasteiger partial charge in [0.05, 0.1) is 10.1 Å². The van der Waals surface area contributed by atoms with Gasteiger partial charge in [0.25, 0.3) is 0 Å². The standard InChI is InChI=1S/C29H36N2O3S/c1-3-5-17-31(18-6-4-2)25-11-14-26-23(21-25)9-12-29-27-15-19-30(16-7-8-20-35(32,33)34)22-24(27)10-13-28(26)29/h9-15,19,21-22H,3-8,16-18,20H2,1-2H3. The molecule has 4 rings (SSSR count). The lowest BCUT2D eigenvalue weighted by Crippen LogP contribution is -2.32. The van der Waals surface area contributed by atoms with Crippen molar-refractivity contribution in [1.82, 2.24) is 0 Å². The maximum absolute atomic E-state index is 10.8. The summed E-state index contributed by atoms with van der Waals surface area (Å²) < 4.78 is 34.5. The number of unbranched alkanes of at least 4 members (excludes halogenated alkanes) is 3. The van der Waals surface area contributed by atoms with Crippen molar-refractivity contribution in [1.29, 1.82) is 0 Å². The van der Waals surface area contributed by atoms with Gasteiger partial charge in [0.2, 0.25) is 0 Å². The molecule has 1 heterocycles. The third kappa shape index (κ3) is 6.30. The Balaban J connectivity index is 1.61. The van der Waals surface area contributed by atoms with Crippen LogP contribution < -0.4 is 9.47 Å². The van der Waals surface area contributed by atoms with Crippen molar-refractivity contribution < 1.29 is 17.5 Å². The second-order valence-electron chi connectivity index (χ2n) is 9.48. The Hall–Kier alpha value is -2.70. The molecule has 35 heavy (non-hydrogen) atoms. The van der Waals surface area contributed by atoms with E-state index in [2.05, 4.69) is 78.0 Å². The van der Waals surface area contributed by atoms with E-state index in [0.717, 1.165) is 18.5 Å². The van der Waals surface area contributed by atoms with E-state index in [-0.39, 0.29) is 5.75 Å². The van der Waals surface area contributed by atoms with Crippen LogP contribution in [0.25, 0.3) is 32.3 Å². The maximum Gasteiger partial charge on any atom is 0.176 e. The molecule has 5 nitrogen and oxygen atoms in total. The minimum atomic E-state index is -4.13. The van der Waals surface area contributed by atoms with Crippen molar-refractivity contribution in [2.45, 2.75) is 58.9 Å². The molecule has 0 amide bonds. The summed E-state index contributed by atoms with van der Waals surface area (Å²) in [5, 5.41) is 7.40. The van der Waals surface area contributed by atoms with Gasteiger partial charge in [0.1, 0.15) is 6.54 Å². The summed E-state index contributed by atoms with van der Waals surface area (Å²) >= 11 is 0. The number of fused-ring (bicyclic) bond motifs is 5. The summed E-state index contributed by atoms with van der Waals surface area (Å²) in [5.41, 5.74) is 1.31. The highest BCUT2D eigenvalue weighted by Crippen LogP contribution is 2.33. The second-order valence-corrected chi connectivity index (χ2v) is 11.0. The van der Waals surface area contributed by atoms with Crippen LogP contribution in [0.5, 0.6) is 0 Å². The van der Waals surface area contributed by atoms with E-state index in [0.29, 0.717) is 19.4 Å². The van der Waals surface area contributed by atoms with Crippen LogP contribution in [0, 0.1) is 0 Å². The molecule has 0 aliphatic carbocycles. The number of nitrogens with zero attached hydrogens (tertiary/aromatic N) is 2. The number of hydrogen-bond donors (Lipinski definition) is 0. The Morgan fingerprint density at radius 2 is 1.40 bits per heavy atom. The van der Waals surface area contributed by atoms with Crippen molar-refractivity contribution in [2.75, 3.05) is 23.7 Å². The van der Waals surface area contributed by atoms with Crippen molar-refractivity contribution in [3.05, 3.63) is 60.9 Å². The zero-order valence-electron chi connectivity index (χ0n) is 20.9. The molecule has 0 radical (unpaired) electrons. The molecule has 4 aromatic rings. The molecule has 0 bridgehead atoms. The van der Waals surface area contributed by atoms with Crippen LogP contribution in [-0.4, -0.2) is 31.8 Å². The Morgan fingerprint density at radius 3 is 2.06 bits per heavy atom. The average molecular weight is 493 g/mol. The molecule has 0 aliphatic rings. The predicted octanol–water partition coefficient (Wildman–Crippen LogP) is 6.17. The van der Waals surface area contributed by atoms with Gasteiger partial charge in [0.15, 0.2) is 12.4 Å². The van der Waals surface area contributed by atoms with Gasteiger partial charge in [-0.3, -0.25) is 0 Å². The van der Waals surface area contributed by atoms with E-state index in [1.165, 1.54) is 58.3 Å². The van der Waals surface area contributed by atoms with Crippen LogP contribution >= 0.6 is 0 Å². The largest absolute Gasteiger partial charge is 0.748 e. The van der Waals surface area contributed by atoms with Gasteiger partial charge in [0, 0.05) is 47.8 Å². The maximum atomic E-state index is 10.8. The normalized spacial score (nSPS) is 12.1. The highest BCUT2D eigenvalue weighted by atomic mass is 32.2. The van der Waals surface area contributed by atoms with Crippen LogP contribution in [0.3, 0.4) is 0 Å². The van der Waals surface area contributed by atoms with E-state index >= 15 is 0 Å². The SMILES string of the molecule is CCCCN(CCCC)c1ccc2c(ccc3c4cc[n+](CCCCS(=O)(=O)[O-])cc4ccc23)c1. The quantitative estimate of drug-likeness (QED) is 0.103. The van der Waals surface area contributed by atoms with Gasteiger partial charge < -0.3 is 9.45 Å². The number of hydrogen-bond acceptors (Lipinski definition) is 4. The van der Waals surface area contributed by atoms with E-state index in [9.17, 15) is 13.0 Å². The van der Waals surface area contributed by atoms with Crippen molar-refractivity contribution in [3.8, 4) is 0 Å². The van der Waals surface area contributed by atoms with E-state index in [1.807, 2.05) is 6.20 Å². The molecule has 0 N–H and O–H groups in total. The molecule has 0 aliphatic heterocycles. The summed E-state index contributed by atoms with van der Waals surface area (Å²) in [6, 6.07) is 17.9. The summed E-state index contributed by atoms with van der Waals surface area (Å²) in [5.74, 6) is -0.296. The minimum absolute atomic E-state index is 0.296. The first-order valence-corrected chi connectivity index (χ1v) is 14.4. The van der Waals surface area contributed by atoms with E-state index in [4.69, 9.17) is 0 Å². The average Bonchev–Trinajstić information content (AvgIpc) is 2.85. The molecule has 0 saturated carbocycles. The van der Waals surface area contributed by atoms with Crippen molar-refractivity contribution >= 4 is 48.1 Å². The number of pyridine rings is 1. The summed E-state index contributed by atoms with van der Waals surface area (Å²) in [7, 11) is -4.13. The molecule has 0 fully saturated rings. The third-order valence-electron chi connectivity index (χ3n) is 6.80. The molecule has 3 aromatic carbocycles. The van der Waals surface area contributed by atoms with Gasteiger partial charge in [-0.15, -0.1) is 0 Å². The fourth-order valence-corrected chi connectivity index (χ4v) is 5.40. The Morgan fingerprint density at radius 1 is 0.771 bits per heavy atom. The predicted molar refractivity (Wildman–Crippen MR) is 145 cm³/mol. The summed E-state index contributed by atoms with van der Waals surface area (Å²) in [6.45, 7) is 7.40. The number of benzene rings is 3. The molecular weight excluding hydrogens is 456 g/mol. The number of aromatic nitrogens is 1.